The van der Waals surface area contributed by atoms with Gasteiger partial charge in [-0.15, -0.1) is 0 Å². The first kappa shape index (κ1) is 19.6. The van der Waals surface area contributed by atoms with Gasteiger partial charge in [-0.25, -0.2) is 0 Å². The number of benzene rings is 2. The number of ether oxygens (including phenoxy) is 1. The minimum atomic E-state index is -0.219. The Morgan fingerprint density at radius 3 is 2.42 bits per heavy atom. The third-order valence-corrected chi connectivity index (χ3v) is 6.24. The molecule has 0 spiro atoms. The van der Waals surface area contributed by atoms with Gasteiger partial charge in [-0.1, -0.05) is 30.3 Å². The van der Waals surface area contributed by atoms with Gasteiger partial charge in [-0.2, -0.15) is 0 Å². The van der Waals surface area contributed by atoms with Crippen molar-refractivity contribution < 1.29 is 9.53 Å². The summed E-state index contributed by atoms with van der Waals surface area (Å²) < 4.78 is 7.48. The van der Waals surface area contributed by atoms with Gasteiger partial charge in [-0.05, 0) is 62.2 Å². The first-order chi connectivity index (χ1) is 15.2. The first-order valence-corrected chi connectivity index (χ1v) is 10.8. The van der Waals surface area contributed by atoms with Gasteiger partial charge in [-0.3, -0.25) is 14.2 Å². The molecule has 1 amide bonds. The van der Waals surface area contributed by atoms with E-state index in [-0.39, 0.29) is 17.5 Å². The summed E-state index contributed by atoms with van der Waals surface area (Å²) >= 11 is 0. The van der Waals surface area contributed by atoms with Crippen LogP contribution in [-0.4, -0.2) is 41.1 Å². The van der Waals surface area contributed by atoms with Crippen molar-refractivity contribution in [3.05, 3.63) is 88.8 Å². The van der Waals surface area contributed by atoms with Crippen molar-refractivity contribution in [1.82, 2.24) is 14.8 Å². The summed E-state index contributed by atoms with van der Waals surface area (Å²) in [6.45, 7) is 3.16. The van der Waals surface area contributed by atoms with E-state index in [4.69, 9.17) is 4.74 Å². The summed E-state index contributed by atoms with van der Waals surface area (Å²) in [6, 6.07) is 20.0. The third kappa shape index (κ3) is 4.11. The van der Waals surface area contributed by atoms with Crippen molar-refractivity contribution in [1.29, 1.82) is 0 Å². The number of piperidine rings is 3. The fourth-order valence-corrected chi connectivity index (χ4v) is 4.55. The van der Waals surface area contributed by atoms with Gasteiger partial charge in [0.05, 0.1) is 11.3 Å². The highest BCUT2D eigenvalue weighted by molar-refractivity contribution is 5.94. The van der Waals surface area contributed by atoms with Gasteiger partial charge in [0.25, 0.3) is 11.5 Å². The molecule has 0 saturated carbocycles. The van der Waals surface area contributed by atoms with E-state index in [1.807, 2.05) is 54.6 Å². The zero-order chi connectivity index (χ0) is 21.2. The Labute approximate surface area is 181 Å². The van der Waals surface area contributed by atoms with Gasteiger partial charge in [0.2, 0.25) is 0 Å². The molecule has 3 aliphatic heterocycles. The van der Waals surface area contributed by atoms with Gasteiger partial charge in [0, 0.05) is 24.8 Å². The number of aromatic nitrogens is 1. The summed E-state index contributed by atoms with van der Waals surface area (Å²) in [4.78, 5) is 28.1. The summed E-state index contributed by atoms with van der Waals surface area (Å²) in [5.74, 6) is 1.62. The van der Waals surface area contributed by atoms with Crippen LogP contribution in [0.4, 0.5) is 0 Å². The van der Waals surface area contributed by atoms with E-state index in [2.05, 4.69) is 10.2 Å². The van der Waals surface area contributed by atoms with E-state index in [0.717, 1.165) is 32.5 Å². The number of para-hydroxylation sites is 3. The number of carbonyl (C=O) groups excluding carboxylic acids is 1. The molecule has 31 heavy (non-hydrogen) atoms. The Balaban J connectivity index is 1.42. The van der Waals surface area contributed by atoms with Crippen LogP contribution in [0.15, 0.2) is 77.7 Å². The number of hydrogen-bond donors (Lipinski definition) is 1. The number of fused-ring (bicyclic) bond motifs is 3. The van der Waals surface area contributed by atoms with Crippen LogP contribution in [0, 0.1) is 5.92 Å². The quantitative estimate of drug-likeness (QED) is 0.693. The molecular formula is C25H25N3O3. The molecule has 3 saturated heterocycles. The Kier molecular flexibility index (Phi) is 5.30. The van der Waals surface area contributed by atoms with E-state index in [0.29, 0.717) is 28.7 Å². The predicted molar refractivity (Wildman–Crippen MR) is 119 cm³/mol. The lowest BCUT2D eigenvalue weighted by atomic mass is 9.84. The molecule has 0 radical (unpaired) electrons. The van der Waals surface area contributed by atoms with Crippen molar-refractivity contribution >= 4 is 5.91 Å². The summed E-state index contributed by atoms with van der Waals surface area (Å²) in [5.41, 5.74) is 0.836. The lowest BCUT2D eigenvalue weighted by Crippen LogP contribution is -2.57. The zero-order valence-electron chi connectivity index (χ0n) is 17.2. The van der Waals surface area contributed by atoms with Crippen LogP contribution in [0.3, 0.4) is 0 Å². The second-order valence-corrected chi connectivity index (χ2v) is 8.23. The molecule has 3 aliphatic rings. The highest BCUT2D eigenvalue weighted by atomic mass is 16.5. The maximum absolute atomic E-state index is 13.0. The van der Waals surface area contributed by atoms with E-state index < -0.39 is 0 Å². The van der Waals surface area contributed by atoms with Crippen molar-refractivity contribution in [3.8, 4) is 17.2 Å². The highest BCUT2D eigenvalue weighted by Crippen LogP contribution is 2.29. The first-order valence-electron chi connectivity index (χ1n) is 10.8. The fraction of sp³-hybridized carbons (Fsp3) is 0.280. The maximum Gasteiger partial charge on any atom is 0.255 e. The molecule has 1 atom stereocenters. The van der Waals surface area contributed by atoms with Crippen molar-refractivity contribution in [2.45, 2.75) is 18.9 Å². The second-order valence-electron chi connectivity index (χ2n) is 8.23. The molecule has 0 aliphatic carbocycles. The minimum absolute atomic E-state index is 0.144. The van der Waals surface area contributed by atoms with Crippen LogP contribution in [0.2, 0.25) is 0 Å². The molecule has 4 heterocycles. The molecule has 6 heteroatoms. The van der Waals surface area contributed by atoms with Crippen molar-refractivity contribution in [2.24, 2.45) is 5.92 Å². The SMILES string of the molecule is O=C(NC1CN2CCC1CC2)c1ccc(=O)n(-c2ccccc2Oc2ccccc2)c1. The fourth-order valence-electron chi connectivity index (χ4n) is 4.55. The number of nitrogens with zero attached hydrogens (tertiary/aromatic N) is 2. The van der Waals surface area contributed by atoms with Gasteiger partial charge >= 0.3 is 0 Å². The van der Waals surface area contributed by atoms with Gasteiger partial charge in [0.1, 0.15) is 5.75 Å². The topological polar surface area (TPSA) is 63.6 Å². The molecule has 2 aromatic carbocycles. The normalized spacial score (nSPS) is 22.1. The van der Waals surface area contributed by atoms with Crippen LogP contribution in [-0.2, 0) is 0 Å². The number of pyridine rings is 1. The van der Waals surface area contributed by atoms with Crippen LogP contribution in [0.1, 0.15) is 23.2 Å². The summed E-state index contributed by atoms with van der Waals surface area (Å²) in [7, 11) is 0. The average molecular weight is 415 g/mol. The number of hydrogen-bond acceptors (Lipinski definition) is 4. The standard InChI is InChI=1S/C25H25N3O3/c29-24-11-10-19(25(30)26-21-17-27-14-12-18(21)13-15-27)16-28(24)22-8-4-5-9-23(22)31-20-6-2-1-3-7-20/h1-11,16,18,21H,12-15,17H2,(H,26,30). The van der Waals surface area contributed by atoms with Gasteiger partial charge in [0.15, 0.2) is 5.75 Å². The van der Waals surface area contributed by atoms with E-state index in [1.165, 1.54) is 10.6 Å². The summed E-state index contributed by atoms with van der Waals surface area (Å²) in [6.07, 6.45) is 3.87. The smallest absolute Gasteiger partial charge is 0.255 e. The number of nitrogens with one attached hydrogen (secondary N) is 1. The molecule has 3 fully saturated rings. The van der Waals surface area contributed by atoms with Gasteiger partial charge < -0.3 is 15.0 Å². The average Bonchev–Trinajstić information content (AvgIpc) is 2.81. The van der Waals surface area contributed by atoms with Crippen LogP contribution >= 0.6 is 0 Å². The molecule has 6 nitrogen and oxygen atoms in total. The Hall–Kier alpha value is -3.38. The number of rotatable bonds is 5. The largest absolute Gasteiger partial charge is 0.455 e. The molecule has 3 aromatic rings. The predicted octanol–water partition coefficient (Wildman–Crippen LogP) is 3.45. The van der Waals surface area contributed by atoms with E-state index >= 15 is 0 Å². The number of carbonyl (C=O) groups is 1. The van der Waals surface area contributed by atoms with Crippen LogP contribution < -0.4 is 15.6 Å². The van der Waals surface area contributed by atoms with E-state index in [9.17, 15) is 9.59 Å². The lowest BCUT2D eigenvalue weighted by molar-refractivity contribution is 0.0620. The lowest BCUT2D eigenvalue weighted by Gasteiger charge is -2.44. The van der Waals surface area contributed by atoms with Crippen LogP contribution in [0.25, 0.3) is 5.69 Å². The summed E-state index contributed by atoms with van der Waals surface area (Å²) in [5, 5.41) is 3.19. The van der Waals surface area contributed by atoms with E-state index in [1.54, 1.807) is 12.3 Å². The molecule has 1 unspecified atom stereocenters. The minimum Gasteiger partial charge on any atom is -0.455 e. The maximum atomic E-state index is 13.0. The zero-order valence-corrected chi connectivity index (χ0v) is 17.2. The molecule has 6 rings (SSSR count). The molecular weight excluding hydrogens is 390 g/mol. The van der Waals surface area contributed by atoms with Crippen molar-refractivity contribution in [2.75, 3.05) is 19.6 Å². The third-order valence-electron chi connectivity index (χ3n) is 6.24. The highest BCUT2D eigenvalue weighted by Gasteiger charge is 2.35. The molecule has 158 valence electrons. The second kappa shape index (κ2) is 8.40. The Morgan fingerprint density at radius 1 is 0.935 bits per heavy atom. The van der Waals surface area contributed by atoms with Crippen LogP contribution in [0.5, 0.6) is 11.5 Å². The molecule has 1 aromatic heterocycles. The Morgan fingerprint density at radius 2 is 1.68 bits per heavy atom. The monoisotopic (exact) mass is 415 g/mol. The molecule has 1 N–H and O–H groups in total. The Bertz CT molecular complexity index is 1130. The van der Waals surface area contributed by atoms with Crippen molar-refractivity contribution in [3.63, 3.8) is 0 Å². The molecule has 2 bridgehead atoms. The number of amides is 1.